The molecule has 1 aliphatic rings. The molecule has 1 unspecified atom stereocenters. The van der Waals surface area contributed by atoms with Gasteiger partial charge < -0.3 is 5.32 Å². The zero-order valence-electron chi connectivity index (χ0n) is 11.7. The predicted octanol–water partition coefficient (Wildman–Crippen LogP) is 3.45. The van der Waals surface area contributed by atoms with Crippen LogP contribution in [0.5, 0.6) is 0 Å². The smallest absolute Gasteiger partial charge is 0.165 e. The molecule has 1 atom stereocenters. The maximum atomic E-state index is 11.9. The molecule has 0 bridgehead atoms. The Labute approximate surface area is 119 Å². The third-order valence-electron chi connectivity index (χ3n) is 3.95. The highest BCUT2D eigenvalue weighted by Gasteiger charge is 2.27. The molecule has 3 rings (SSSR count). The lowest BCUT2D eigenvalue weighted by Crippen LogP contribution is -2.22. The number of hydrogen-bond acceptors (Lipinski definition) is 2. The summed E-state index contributed by atoms with van der Waals surface area (Å²) in [5.74, 6) is 0.258. The van der Waals surface area contributed by atoms with Crippen LogP contribution in [0.15, 0.2) is 48.5 Å². The molecule has 2 heteroatoms. The third kappa shape index (κ3) is 2.66. The molecule has 0 aromatic heterocycles. The molecule has 20 heavy (non-hydrogen) atoms. The predicted molar refractivity (Wildman–Crippen MR) is 81.0 cm³/mol. The van der Waals surface area contributed by atoms with Crippen molar-refractivity contribution in [3.63, 3.8) is 0 Å². The Morgan fingerprint density at radius 1 is 1.10 bits per heavy atom. The van der Waals surface area contributed by atoms with Crippen molar-refractivity contribution >= 4 is 5.78 Å². The van der Waals surface area contributed by atoms with Crippen LogP contribution in [0.4, 0.5) is 0 Å². The summed E-state index contributed by atoms with van der Waals surface area (Å²) >= 11 is 0. The monoisotopic (exact) mass is 265 g/mol. The standard InChI is InChI=1S/C18H19NO/c1-13-6-8-14(9-7-13)10-11-19-17-12-18(20)16-5-3-2-4-15(16)17/h2-9,17,19H,10-12H2,1H3. The van der Waals surface area contributed by atoms with Crippen LogP contribution < -0.4 is 5.32 Å². The lowest BCUT2D eigenvalue weighted by atomic mass is 10.1. The van der Waals surface area contributed by atoms with Crippen LogP contribution in [-0.2, 0) is 6.42 Å². The Morgan fingerprint density at radius 2 is 1.85 bits per heavy atom. The Balaban J connectivity index is 1.60. The van der Waals surface area contributed by atoms with Crippen LogP contribution in [0, 0.1) is 6.92 Å². The highest BCUT2D eigenvalue weighted by molar-refractivity contribution is 6.01. The van der Waals surface area contributed by atoms with Gasteiger partial charge in [0.05, 0.1) is 0 Å². The van der Waals surface area contributed by atoms with E-state index in [4.69, 9.17) is 0 Å². The number of ketones is 1. The van der Waals surface area contributed by atoms with E-state index in [1.807, 2.05) is 18.2 Å². The number of fused-ring (bicyclic) bond motifs is 1. The zero-order valence-corrected chi connectivity index (χ0v) is 11.7. The van der Waals surface area contributed by atoms with Gasteiger partial charge in [-0.25, -0.2) is 0 Å². The number of rotatable bonds is 4. The normalized spacial score (nSPS) is 17.2. The molecular formula is C18H19NO. The van der Waals surface area contributed by atoms with Gasteiger partial charge in [-0.1, -0.05) is 54.1 Å². The number of nitrogens with one attached hydrogen (secondary N) is 1. The summed E-state index contributed by atoms with van der Waals surface area (Å²) in [6.45, 7) is 3.00. The van der Waals surface area contributed by atoms with Crippen molar-refractivity contribution in [1.82, 2.24) is 5.32 Å². The van der Waals surface area contributed by atoms with Gasteiger partial charge in [0, 0.05) is 18.0 Å². The van der Waals surface area contributed by atoms with Crippen molar-refractivity contribution < 1.29 is 4.79 Å². The summed E-state index contributed by atoms with van der Waals surface area (Å²) in [6.07, 6.45) is 1.58. The van der Waals surface area contributed by atoms with E-state index in [9.17, 15) is 4.79 Å². The maximum Gasteiger partial charge on any atom is 0.165 e. The van der Waals surface area contributed by atoms with Gasteiger partial charge in [-0.3, -0.25) is 4.79 Å². The summed E-state index contributed by atoms with van der Waals surface area (Å²) in [5, 5.41) is 3.51. The van der Waals surface area contributed by atoms with Crippen molar-refractivity contribution in [3.05, 3.63) is 70.8 Å². The van der Waals surface area contributed by atoms with Crippen molar-refractivity contribution in [2.24, 2.45) is 0 Å². The van der Waals surface area contributed by atoms with Crippen molar-refractivity contribution in [1.29, 1.82) is 0 Å². The van der Waals surface area contributed by atoms with Gasteiger partial charge in [0.25, 0.3) is 0 Å². The molecule has 0 spiro atoms. The quantitative estimate of drug-likeness (QED) is 0.917. The fourth-order valence-corrected chi connectivity index (χ4v) is 2.79. The second-order valence-electron chi connectivity index (χ2n) is 5.46. The molecule has 1 N–H and O–H groups in total. The Morgan fingerprint density at radius 3 is 2.65 bits per heavy atom. The van der Waals surface area contributed by atoms with Gasteiger partial charge >= 0.3 is 0 Å². The molecule has 0 fully saturated rings. The number of Topliss-reactive ketones (excluding diaryl/α,β-unsaturated/α-hetero) is 1. The summed E-state index contributed by atoms with van der Waals surface area (Å²) in [6, 6.07) is 16.7. The average molecular weight is 265 g/mol. The zero-order chi connectivity index (χ0) is 13.9. The summed E-state index contributed by atoms with van der Waals surface area (Å²) in [4.78, 5) is 11.9. The molecule has 0 aliphatic heterocycles. The van der Waals surface area contributed by atoms with Crippen molar-refractivity contribution in [2.75, 3.05) is 6.54 Å². The first-order valence-corrected chi connectivity index (χ1v) is 7.15. The Kier molecular flexibility index (Phi) is 3.66. The second kappa shape index (κ2) is 5.59. The molecule has 0 heterocycles. The van der Waals surface area contributed by atoms with Crippen LogP contribution >= 0.6 is 0 Å². The minimum Gasteiger partial charge on any atom is -0.309 e. The number of benzene rings is 2. The fraction of sp³-hybridized carbons (Fsp3) is 0.278. The highest BCUT2D eigenvalue weighted by atomic mass is 16.1. The number of aryl methyl sites for hydroxylation is 1. The molecule has 0 radical (unpaired) electrons. The maximum absolute atomic E-state index is 11.9. The minimum absolute atomic E-state index is 0.184. The minimum atomic E-state index is 0.184. The van der Waals surface area contributed by atoms with E-state index < -0.39 is 0 Å². The molecular weight excluding hydrogens is 246 g/mol. The van der Waals surface area contributed by atoms with Gasteiger partial charge in [-0.15, -0.1) is 0 Å². The van der Waals surface area contributed by atoms with Crippen LogP contribution in [0.2, 0.25) is 0 Å². The van der Waals surface area contributed by atoms with Crippen LogP contribution in [0.3, 0.4) is 0 Å². The van der Waals surface area contributed by atoms with E-state index in [1.165, 1.54) is 11.1 Å². The van der Waals surface area contributed by atoms with E-state index in [0.29, 0.717) is 6.42 Å². The van der Waals surface area contributed by atoms with E-state index in [2.05, 4.69) is 42.6 Å². The Bertz CT molecular complexity index is 616. The molecule has 0 saturated heterocycles. The van der Waals surface area contributed by atoms with E-state index in [1.54, 1.807) is 0 Å². The second-order valence-corrected chi connectivity index (χ2v) is 5.46. The summed E-state index contributed by atoms with van der Waals surface area (Å²) < 4.78 is 0. The molecule has 2 aromatic rings. The first-order valence-electron chi connectivity index (χ1n) is 7.15. The van der Waals surface area contributed by atoms with Crippen molar-refractivity contribution in [3.8, 4) is 0 Å². The van der Waals surface area contributed by atoms with Crippen LogP contribution in [0.1, 0.15) is 39.5 Å². The van der Waals surface area contributed by atoms with E-state index in [-0.39, 0.29) is 11.8 Å². The first-order chi connectivity index (χ1) is 9.74. The van der Waals surface area contributed by atoms with Gasteiger partial charge in [0.1, 0.15) is 0 Å². The summed E-state index contributed by atoms with van der Waals surface area (Å²) in [5.41, 5.74) is 4.67. The highest BCUT2D eigenvalue weighted by Crippen LogP contribution is 2.30. The lowest BCUT2D eigenvalue weighted by molar-refractivity contribution is 0.0986. The van der Waals surface area contributed by atoms with Crippen molar-refractivity contribution in [2.45, 2.75) is 25.8 Å². The van der Waals surface area contributed by atoms with Crippen LogP contribution in [-0.4, -0.2) is 12.3 Å². The first kappa shape index (κ1) is 13.1. The molecule has 0 saturated carbocycles. The SMILES string of the molecule is Cc1ccc(CCNC2CC(=O)c3ccccc32)cc1. The molecule has 2 aromatic carbocycles. The lowest BCUT2D eigenvalue weighted by Gasteiger charge is -2.13. The van der Waals surface area contributed by atoms with Gasteiger partial charge in [0.15, 0.2) is 5.78 Å². The molecule has 102 valence electrons. The van der Waals surface area contributed by atoms with E-state index >= 15 is 0 Å². The molecule has 2 nitrogen and oxygen atoms in total. The molecule has 1 aliphatic carbocycles. The number of hydrogen-bond donors (Lipinski definition) is 1. The fourth-order valence-electron chi connectivity index (χ4n) is 2.79. The van der Waals surface area contributed by atoms with Crippen LogP contribution in [0.25, 0.3) is 0 Å². The van der Waals surface area contributed by atoms with Gasteiger partial charge in [-0.2, -0.15) is 0 Å². The van der Waals surface area contributed by atoms with E-state index in [0.717, 1.165) is 24.1 Å². The largest absolute Gasteiger partial charge is 0.309 e. The topological polar surface area (TPSA) is 29.1 Å². The number of carbonyl (C=O) groups excluding carboxylic acids is 1. The van der Waals surface area contributed by atoms with Gasteiger partial charge in [0.2, 0.25) is 0 Å². The summed E-state index contributed by atoms with van der Waals surface area (Å²) in [7, 11) is 0. The van der Waals surface area contributed by atoms with Gasteiger partial charge in [-0.05, 0) is 31.0 Å². The molecule has 0 amide bonds. The third-order valence-corrected chi connectivity index (χ3v) is 3.95. The average Bonchev–Trinajstić information content (AvgIpc) is 2.79. The Hall–Kier alpha value is -1.93. The number of carbonyl (C=O) groups is 1.